The molecule has 1 N–H and O–H groups in total. The molecule has 0 atom stereocenters. The molecule has 0 saturated carbocycles. The molecule has 0 bridgehead atoms. The Balaban J connectivity index is 1.35. The average Bonchev–Trinajstić information content (AvgIpc) is 3.34. The van der Waals surface area contributed by atoms with Crippen LogP contribution in [0.2, 0.25) is 0 Å². The maximum absolute atomic E-state index is 12.0. The van der Waals surface area contributed by atoms with Crippen LogP contribution in [-0.4, -0.2) is 64.3 Å². The summed E-state index contributed by atoms with van der Waals surface area (Å²) in [7, 11) is 1.38. The number of aryl methyl sites for hydroxylation is 1. The van der Waals surface area contributed by atoms with Gasteiger partial charge in [0.2, 0.25) is 0 Å². The van der Waals surface area contributed by atoms with Gasteiger partial charge in [0.15, 0.2) is 10.9 Å². The van der Waals surface area contributed by atoms with Crippen LogP contribution in [0.1, 0.15) is 27.5 Å². The average molecular weight is 472 g/mol. The van der Waals surface area contributed by atoms with E-state index in [1.807, 2.05) is 42.6 Å². The van der Waals surface area contributed by atoms with Crippen LogP contribution in [-0.2, 0) is 11.3 Å². The van der Waals surface area contributed by atoms with Crippen LogP contribution in [0.5, 0.6) is 0 Å². The summed E-state index contributed by atoms with van der Waals surface area (Å²) >= 11 is 7.02. The third kappa shape index (κ3) is 5.14. The molecule has 8 nitrogen and oxygen atoms in total. The number of nitrogens with zero attached hydrogens (tertiary/aromatic N) is 4. The van der Waals surface area contributed by atoms with E-state index in [9.17, 15) is 4.79 Å². The van der Waals surface area contributed by atoms with E-state index in [2.05, 4.69) is 25.3 Å². The summed E-state index contributed by atoms with van der Waals surface area (Å²) in [5.41, 5.74) is 2.62. The quantitative estimate of drug-likeness (QED) is 0.441. The fourth-order valence-corrected chi connectivity index (χ4v) is 4.78. The Morgan fingerprint density at radius 2 is 2.06 bits per heavy atom. The molecule has 1 aliphatic heterocycles. The fourth-order valence-electron chi connectivity index (χ4n) is 3.58. The number of aromatic nitrogens is 2. The lowest BCUT2D eigenvalue weighted by molar-refractivity contribution is 0.0607. The van der Waals surface area contributed by atoms with Gasteiger partial charge >= 0.3 is 5.97 Å². The van der Waals surface area contributed by atoms with Gasteiger partial charge in [0, 0.05) is 31.7 Å². The minimum Gasteiger partial charge on any atom is -0.465 e. The molecular formula is C22H25N5O3S2. The second-order valence-electron chi connectivity index (χ2n) is 7.54. The molecule has 1 saturated heterocycles. The molecular weight excluding hydrogens is 446 g/mol. The molecule has 0 aliphatic carbocycles. The van der Waals surface area contributed by atoms with Gasteiger partial charge in [-0.15, -0.1) is 11.3 Å². The number of carbonyl (C=O) groups is 1. The van der Waals surface area contributed by atoms with Crippen molar-refractivity contribution >= 4 is 40.3 Å². The predicted molar refractivity (Wildman–Crippen MR) is 128 cm³/mol. The van der Waals surface area contributed by atoms with E-state index in [4.69, 9.17) is 21.5 Å². The Bertz CT molecular complexity index is 1080. The highest BCUT2D eigenvalue weighted by Gasteiger charge is 2.22. The number of rotatable bonds is 5. The van der Waals surface area contributed by atoms with Gasteiger partial charge in [-0.3, -0.25) is 4.90 Å². The van der Waals surface area contributed by atoms with E-state index in [1.54, 1.807) is 0 Å². The van der Waals surface area contributed by atoms with Gasteiger partial charge in [-0.2, -0.15) is 4.98 Å². The molecule has 1 aliphatic rings. The molecule has 1 fully saturated rings. The number of esters is 1. The summed E-state index contributed by atoms with van der Waals surface area (Å²) in [4.78, 5) is 21.6. The molecule has 0 amide bonds. The first-order valence-electron chi connectivity index (χ1n) is 10.4. The number of hydrogen-bond acceptors (Lipinski definition) is 8. The molecule has 4 rings (SSSR count). The molecule has 0 radical (unpaired) electrons. The number of methoxy groups -OCH3 is 1. The van der Waals surface area contributed by atoms with E-state index in [0.29, 0.717) is 28.2 Å². The summed E-state index contributed by atoms with van der Waals surface area (Å²) in [6, 6.07) is 9.77. The SMILES string of the molecule is COC(=O)c1scc(C)c1NC(=S)N1CCCN(Cc2noc(-c3ccccc3)n2)CC1. The molecule has 3 aromatic rings. The minimum atomic E-state index is -0.356. The number of thiocarbonyl (C=S) groups is 1. The first-order valence-corrected chi connectivity index (χ1v) is 11.7. The van der Waals surface area contributed by atoms with Crippen molar-refractivity contribution < 1.29 is 14.1 Å². The highest BCUT2D eigenvalue weighted by atomic mass is 32.1. The lowest BCUT2D eigenvalue weighted by Gasteiger charge is -2.24. The van der Waals surface area contributed by atoms with Gasteiger partial charge in [0.1, 0.15) is 4.88 Å². The van der Waals surface area contributed by atoms with Crippen molar-refractivity contribution in [3.8, 4) is 11.5 Å². The van der Waals surface area contributed by atoms with E-state index in [0.717, 1.165) is 49.4 Å². The second kappa shape index (κ2) is 10.2. The van der Waals surface area contributed by atoms with Gasteiger partial charge in [-0.05, 0) is 48.6 Å². The molecule has 0 unspecified atom stereocenters. The number of benzene rings is 1. The molecule has 2 aromatic heterocycles. The molecule has 10 heteroatoms. The first kappa shape index (κ1) is 22.4. The van der Waals surface area contributed by atoms with E-state index in [-0.39, 0.29) is 5.97 Å². The van der Waals surface area contributed by atoms with E-state index in [1.165, 1.54) is 18.4 Å². The molecule has 1 aromatic carbocycles. The summed E-state index contributed by atoms with van der Waals surface area (Å²) in [5, 5.41) is 9.95. The van der Waals surface area contributed by atoms with Crippen molar-refractivity contribution in [3.05, 3.63) is 52.0 Å². The fraction of sp³-hybridized carbons (Fsp3) is 0.364. The Kier molecular flexibility index (Phi) is 7.13. The zero-order chi connectivity index (χ0) is 22.5. The summed E-state index contributed by atoms with van der Waals surface area (Å²) in [6.45, 7) is 5.92. The van der Waals surface area contributed by atoms with Crippen LogP contribution in [0.4, 0.5) is 5.69 Å². The smallest absolute Gasteiger partial charge is 0.350 e. The third-order valence-electron chi connectivity index (χ3n) is 5.31. The van der Waals surface area contributed by atoms with Crippen LogP contribution in [0.25, 0.3) is 11.5 Å². The van der Waals surface area contributed by atoms with Crippen molar-refractivity contribution in [2.75, 3.05) is 38.6 Å². The summed E-state index contributed by atoms with van der Waals surface area (Å²) in [6.07, 6.45) is 0.956. The molecule has 3 heterocycles. The number of thiophene rings is 1. The predicted octanol–water partition coefficient (Wildman–Crippen LogP) is 3.80. The van der Waals surface area contributed by atoms with Crippen molar-refractivity contribution in [2.24, 2.45) is 0 Å². The Hall–Kier alpha value is -2.82. The van der Waals surface area contributed by atoms with Crippen LogP contribution in [0, 0.1) is 6.92 Å². The highest BCUT2D eigenvalue weighted by molar-refractivity contribution is 7.80. The zero-order valence-electron chi connectivity index (χ0n) is 18.0. The monoisotopic (exact) mass is 471 g/mol. The van der Waals surface area contributed by atoms with Gasteiger partial charge in [-0.1, -0.05) is 23.4 Å². The summed E-state index contributed by atoms with van der Waals surface area (Å²) in [5.74, 6) is 0.856. The Labute approximate surface area is 196 Å². The van der Waals surface area contributed by atoms with Gasteiger partial charge in [0.25, 0.3) is 5.89 Å². The van der Waals surface area contributed by atoms with E-state index >= 15 is 0 Å². The lowest BCUT2D eigenvalue weighted by atomic mass is 10.2. The van der Waals surface area contributed by atoms with Crippen LogP contribution in [0.3, 0.4) is 0 Å². The molecule has 168 valence electrons. The van der Waals surface area contributed by atoms with E-state index < -0.39 is 0 Å². The number of hydrogen-bond donors (Lipinski definition) is 1. The van der Waals surface area contributed by atoms with Gasteiger partial charge in [0.05, 0.1) is 19.3 Å². The summed E-state index contributed by atoms with van der Waals surface area (Å²) < 4.78 is 10.3. The number of nitrogens with one attached hydrogen (secondary N) is 1. The van der Waals surface area contributed by atoms with Crippen LogP contribution >= 0.6 is 23.6 Å². The zero-order valence-corrected chi connectivity index (χ0v) is 19.7. The van der Waals surface area contributed by atoms with Crippen LogP contribution < -0.4 is 5.32 Å². The number of ether oxygens (including phenoxy) is 1. The topological polar surface area (TPSA) is 83.7 Å². The second-order valence-corrected chi connectivity index (χ2v) is 8.81. The minimum absolute atomic E-state index is 0.356. The number of carbonyl (C=O) groups excluding carboxylic acids is 1. The normalized spacial score (nSPS) is 14.8. The van der Waals surface area contributed by atoms with Gasteiger partial charge < -0.3 is 19.5 Å². The van der Waals surface area contributed by atoms with Gasteiger partial charge in [-0.25, -0.2) is 4.79 Å². The highest BCUT2D eigenvalue weighted by Crippen LogP contribution is 2.28. The van der Waals surface area contributed by atoms with Crippen molar-refractivity contribution in [2.45, 2.75) is 19.9 Å². The Morgan fingerprint density at radius 1 is 1.25 bits per heavy atom. The Morgan fingerprint density at radius 3 is 2.84 bits per heavy atom. The van der Waals surface area contributed by atoms with Crippen LogP contribution in [0.15, 0.2) is 40.2 Å². The molecule has 0 spiro atoms. The number of anilines is 1. The molecule has 32 heavy (non-hydrogen) atoms. The van der Waals surface area contributed by atoms with Crippen molar-refractivity contribution in [1.82, 2.24) is 19.9 Å². The largest absolute Gasteiger partial charge is 0.465 e. The van der Waals surface area contributed by atoms with Crippen molar-refractivity contribution in [3.63, 3.8) is 0 Å². The van der Waals surface area contributed by atoms with Crippen molar-refractivity contribution in [1.29, 1.82) is 0 Å². The first-order chi connectivity index (χ1) is 15.5. The maximum atomic E-state index is 12.0. The standard InChI is InChI=1S/C22H25N5O3S2/c1-15-14-32-19(21(28)29-2)18(15)24-22(31)27-10-6-9-26(11-12-27)13-17-23-20(30-25-17)16-7-4-3-5-8-16/h3-5,7-8,14H,6,9-13H2,1-2H3,(H,24,31). The third-order valence-corrected chi connectivity index (χ3v) is 6.75. The lowest BCUT2D eigenvalue weighted by Crippen LogP contribution is -2.38. The maximum Gasteiger partial charge on any atom is 0.350 e.